The van der Waals surface area contributed by atoms with Crippen molar-refractivity contribution >= 4 is 29.3 Å². The summed E-state index contributed by atoms with van der Waals surface area (Å²) in [4.78, 5) is 13.7. The van der Waals surface area contributed by atoms with E-state index < -0.39 is 0 Å². The third-order valence-corrected chi connectivity index (χ3v) is 5.40. The molecule has 1 amide bonds. The number of hydrogen-bond acceptors (Lipinski definition) is 3. The highest BCUT2D eigenvalue weighted by atomic mass is 35.5. The van der Waals surface area contributed by atoms with E-state index in [1.54, 1.807) is 7.11 Å². The average Bonchev–Trinajstić information content (AvgIpc) is 2.62. The van der Waals surface area contributed by atoms with Gasteiger partial charge in [0, 0.05) is 9.92 Å². The van der Waals surface area contributed by atoms with E-state index >= 15 is 0 Å². The zero-order chi connectivity index (χ0) is 19.1. The summed E-state index contributed by atoms with van der Waals surface area (Å²) in [6.07, 6.45) is 0.885. The number of nitrogens with one attached hydrogen (secondary N) is 1. The molecule has 140 valence electrons. The zero-order valence-electron chi connectivity index (χ0n) is 15.7. The number of amides is 1. The van der Waals surface area contributed by atoms with Gasteiger partial charge in [0.25, 0.3) is 0 Å². The minimum absolute atomic E-state index is 0.0123. The summed E-state index contributed by atoms with van der Waals surface area (Å²) < 4.78 is 5.22. The van der Waals surface area contributed by atoms with Crippen molar-refractivity contribution in [3.63, 3.8) is 0 Å². The number of carbonyl (C=O) groups is 1. The normalized spacial score (nSPS) is 13.3. The molecule has 0 bridgehead atoms. The second-order valence-electron chi connectivity index (χ2n) is 6.68. The van der Waals surface area contributed by atoms with Crippen LogP contribution in [0.3, 0.4) is 0 Å². The van der Waals surface area contributed by atoms with Crippen LogP contribution in [0, 0.1) is 5.92 Å². The molecule has 1 N–H and O–H groups in total. The van der Waals surface area contributed by atoms with Crippen molar-refractivity contribution in [1.29, 1.82) is 0 Å². The maximum Gasteiger partial charge on any atom is 0.233 e. The number of methoxy groups -OCH3 is 1. The van der Waals surface area contributed by atoms with Crippen molar-refractivity contribution in [2.24, 2.45) is 5.92 Å². The van der Waals surface area contributed by atoms with Crippen LogP contribution in [0.1, 0.15) is 38.8 Å². The summed E-state index contributed by atoms with van der Waals surface area (Å²) in [5.74, 6) is 1.32. The van der Waals surface area contributed by atoms with Crippen LogP contribution in [0.2, 0.25) is 5.02 Å². The zero-order valence-corrected chi connectivity index (χ0v) is 17.2. The molecule has 2 aromatic carbocycles. The van der Waals surface area contributed by atoms with Gasteiger partial charge in [-0.3, -0.25) is 4.79 Å². The first-order chi connectivity index (χ1) is 12.4. The molecule has 0 radical (unpaired) electrons. The Morgan fingerprint density at radius 2 is 1.69 bits per heavy atom. The lowest BCUT2D eigenvalue weighted by Crippen LogP contribution is -2.35. The van der Waals surface area contributed by atoms with Gasteiger partial charge in [-0.25, -0.2) is 0 Å². The molecule has 26 heavy (non-hydrogen) atoms. The van der Waals surface area contributed by atoms with E-state index in [0.717, 1.165) is 22.6 Å². The Labute approximate surface area is 165 Å². The van der Waals surface area contributed by atoms with Crippen LogP contribution in [0.25, 0.3) is 0 Å². The molecule has 2 aromatic rings. The van der Waals surface area contributed by atoms with E-state index in [0.29, 0.717) is 10.9 Å². The highest BCUT2D eigenvalue weighted by Gasteiger charge is 2.21. The summed E-state index contributed by atoms with van der Waals surface area (Å²) in [5.41, 5.74) is 1.09. The van der Waals surface area contributed by atoms with Crippen LogP contribution in [0.5, 0.6) is 5.75 Å². The molecule has 0 spiro atoms. The fourth-order valence-corrected chi connectivity index (χ4v) is 3.65. The first kappa shape index (κ1) is 20.7. The van der Waals surface area contributed by atoms with Gasteiger partial charge < -0.3 is 10.1 Å². The molecule has 0 aromatic heterocycles. The minimum atomic E-state index is -0.191. The van der Waals surface area contributed by atoms with Gasteiger partial charge in [0.15, 0.2) is 0 Å². The Morgan fingerprint density at radius 1 is 1.08 bits per heavy atom. The van der Waals surface area contributed by atoms with Gasteiger partial charge in [-0.05, 0) is 61.2 Å². The predicted octanol–water partition coefficient (Wildman–Crippen LogP) is 5.73. The molecule has 0 unspecified atom stereocenters. The van der Waals surface area contributed by atoms with Gasteiger partial charge in [0.05, 0.1) is 18.4 Å². The molecule has 0 aliphatic carbocycles. The molecule has 0 saturated heterocycles. The van der Waals surface area contributed by atoms with Gasteiger partial charge >= 0.3 is 0 Å². The van der Waals surface area contributed by atoms with Gasteiger partial charge in [-0.2, -0.15) is 0 Å². The summed E-state index contributed by atoms with van der Waals surface area (Å²) in [7, 11) is 1.65. The fourth-order valence-electron chi connectivity index (χ4n) is 2.65. The molecular formula is C21H26ClNO2S. The van der Waals surface area contributed by atoms with Crippen LogP contribution < -0.4 is 10.1 Å². The molecule has 0 aliphatic rings. The van der Waals surface area contributed by atoms with Crippen molar-refractivity contribution < 1.29 is 9.53 Å². The van der Waals surface area contributed by atoms with Gasteiger partial charge in [0.2, 0.25) is 5.91 Å². The molecule has 0 fully saturated rings. The van der Waals surface area contributed by atoms with Crippen LogP contribution in [0.15, 0.2) is 53.4 Å². The largest absolute Gasteiger partial charge is 0.497 e. The van der Waals surface area contributed by atoms with Gasteiger partial charge in [-0.1, -0.05) is 37.6 Å². The Kier molecular flexibility index (Phi) is 7.85. The lowest BCUT2D eigenvalue weighted by molar-refractivity contribution is -0.121. The Balaban J connectivity index is 2.05. The monoisotopic (exact) mass is 391 g/mol. The van der Waals surface area contributed by atoms with Crippen LogP contribution in [-0.2, 0) is 4.79 Å². The summed E-state index contributed by atoms with van der Waals surface area (Å²) in [6.45, 7) is 6.25. The highest BCUT2D eigenvalue weighted by molar-refractivity contribution is 8.00. The number of thioether (sulfide) groups is 1. The third kappa shape index (κ3) is 6.26. The molecule has 0 heterocycles. The van der Waals surface area contributed by atoms with Crippen molar-refractivity contribution in [3.05, 3.63) is 59.1 Å². The predicted molar refractivity (Wildman–Crippen MR) is 110 cm³/mol. The first-order valence-corrected chi connectivity index (χ1v) is 10.0. The number of ether oxygens (including phenoxy) is 1. The first-order valence-electron chi connectivity index (χ1n) is 8.75. The van der Waals surface area contributed by atoms with Crippen molar-refractivity contribution in [2.75, 3.05) is 7.11 Å². The molecule has 2 rings (SSSR count). The smallest absolute Gasteiger partial charge is 0.233 e. The lowest BCUT2D eigenvalue weighted by Gasteiger charge is -2.23. The summed E-state index contributed by atoms with van der Waals surface area (Å²) >= 11 is 7.45. The van der Waals surface area contributed by atoms with Crippen LogP contribution in [0.4, 0.5) is 0 Å². The Bertz CT molecular complexity index is 701. The molecular weight excluding hydrogens is 366 g/mol. The number of hydrogen-bond donors (Lipinski definition) is 1. The lowest BCUT2D eigenvalue weighted by atomic mass is 9.96. The van der Waals surface area contributed by atoms with Gasteiger partial charge in [0.1, 0.15) is 5.75 Å². The van der Waals surface area contributed by atoms with E-state index in [1.165, 1.54) is 11.8 Å². The Hall–Kier alpha value is -1.65. The molecule has 0 saturated carbocycles. The maximum atomic E-state index is 12.7. The van der Waals surface area contributed by atoms with Crippen molar-refractivity contribution in [1.82, 2.24) is 5.32 Å². The van der Waals surface area contributed by atoms with E-state index in [2.05, 4.69) is 19.2 Å². The standard InChI is InChI=1S/C21H26ClNO2S/c1-14(2)13-20(16-5-9-18(25-4)10-6-16)23-21(24)15(3)26-19-11-7-17(22)8-12-19/h5-12,14-15,20H,13H2,1-4H3,(H,23,24)/t15-,20-/m1/s1. The molecule has 2 atom stereocenters. The van der Waals surface area contributed by atoms with E-state index in [9.17, 15) is 4.79 Å². The average molecular weight is 392 g/mol. The highest BCUT2D eigenvalue weighted by Crippen LogP contribution is 2.27. The van der Waals surface area contributed by atoms with Gasteiger partial charge in [-0.15, -0.1) is 11.8 Å². The van der Waals surface area contributed by atoms with E-state index in [4.69, 9.17) is 16.3 Å². The van der Waals surface area contributed by atoms with Crippen LogP contribution >= 0.6 is 23.4 Å². The fraction of sp³-hybridized carbons (Fsp3) is 0.381. The topological polar surface area (TPSA) is 38.3 Å². The van der Waals surface area contributed by atoms with Crippen molar-refractivity contribution in [3.8, 4) is 5.75 Å². The molecule has 0 aliphatic heterocycles. The number of halogens is 1. The number of rotatable bonds is 8. The van der Waals surface area contributed by atoms with E-state index in [-0.39, 0.29) is 17.2 Å². The Morgan fingerprint density at radius 3 is 2.23 bits per heavy atom. The molecule has 3 nitrogen and oxygen atoms in total. The second kappa shape index (κ2) is 9.89. The molecule has 5 heteroatoms. The number of carbonyl (C=O) groups excluding carboxylic acids is 1. The summed E-state index contributed by atoms with van der Waals surface area (Å²) in [6, 6.07) is 15.4. The third-order valence-electron chi connectivity index (χ3n) is 4.04. The summed E-state index contributed by atoms with van der Waals surface area (Å²) in [5, 5.41) is 3.71. The van der Waals surface area contributed by atoms with E-state index in [1.807, 2.05) is 55.5 Å². The van der Waals surface area contributed by atoms with Crippen LogP contribution in [-0.4, -0.2) is 18.3 Å². The minimum Gasteiger partial charge on any atom is -0.497 e. The number of benzene rings is 2. The quantitative estimate of drug-likeness (QED) is 0.583. The second-order valence-corrected chi connectivity index (χ2v) is 8.53. The van der Waals surface area contributed by atoms with Crippen molar-refractivity contribution in [2.45, 2.75) is 43.4 Å². The maximum absolute atomic E-state index is 12.7. The SMILES string of the molecule is COc1ccc([C@@H](CC(C)C)NC(=O)[C@@H](C)Sc2ccc(Cl)cc2)cc1.